The average molecular weight is 263 g/mol. The molecule has 2 heterocycles. The number of hydrogen-bond donors (Lipinski definition) is 1. The highest BCUT2D eigenvalue weighted by molar-refractivity contribution is 7.12. The van der Waals surface area contributed by atoms with Gasteiger partial charge in [-0.3, -0.25) is 0 Å². The summed E-state index contributed by atoms with van der Waals surface area (Å²) in [7, 11) is 0. The number of thiophene rings is 1. The zero-order valence-electron chi connectivity index (χ0n) is 11.8. The van der Waals surface area contributed by atoms with Crippen molar-refractivity contribution < 1.29 is 4.42 Å². The summed E-state index contributed by atoms with van der Waals surface area (Å²) in [5, 5.41) is 3.56. The number of hydrogen-bond acceptors (Lipinski definition) is 3. The molecule has 0 bridgehead atoms. The minimum Gasteiger partial charge on any atom is -0.466 e. The summed E-state index contributed by atoms with van der Waals surface area (Å²) in [4.78, 5) is 2.81. The molecular formula is C15H21NOS. The lowest BCUT2D eigenvalue weighted by atomic mass is 10.1. The standard InChI is InChI=1S/C15H21NOS/c1-9-6-14(18-13(9)5)8-16-11(3)15-7-10(2)17-12(15)4/h6-7,11,16H,8H2,1-5H3. The van der Waals surface area contributed by atoms with Gasteiger partial charge in [0, 0.05) is 27.9 Å². The Morgan fingerprint density at radius 1 is 1.22 bits per heavy atom. The number of furan rings is 1. The number of nitrogens with one attached hydrogen (secondary N) is 1. The van der Waals surface area contributed by atoms with Gasteiger partial charge in [0.25, 0.3) is 0 Å². The second-order valence-corrected chi connectivity index (χ2v) is 6.26. The van der Waals surface area contributed by atoms with E-state index in [-0.39, 0.29) is 0 Å². The second kappa shape index (κ2) is 5.29. The van der Waals surface area contributed by atoms with Gasteiger partial charge in [-0.15, -0.1) is 11.3 Å². The molecule has 0 fully saturated rings. The molecule has 0 aliphatic heterocycles. The van der Waals surface area contributed by atoms with E-state index in [9.17, 15) is 0 Å². The molecule has 2 nitrogen and oxygen atoms in total. The summed E-state index contributed by atoms with van der Waals surface area (Å²) >= 11 is 1.88. The third-order valence-electron chi connectivity index (χ3n) is 3.35. The first-order chi connectivity index (χ1) is 8.47. The molecule has 2 rings (SSSR count). The van der Waals surface area contributed by atoms with Gasteiger partial charge in [-0.2, -0.15) is 0 Å². The van der Waals surface area contributed by atoms with Gasteiger partial charge in [-0.05, 0) is 52.3 Å². The SMILES string of the molecule is Cc1cc(C(C)NCc2cc(C)c(C)s2)c(C)o1. The van der Waals surface area contributed by atoms with Crippen molar-refractivity contribution in [3.8, 4) is 0 Å². The molecule has 0 spiro atoms. The molecule has 3 heteroatoms. The summed E-state index contributed by atoms with van der Waals surface area (Å²) in [6.07, 6.45) is 0. The van der Waals surface area contributed by atoms with E-state index in [4.69, 9.17) is 4.42 Å². The maximum Gasteiger partial charge on any atom is 0.105 e. The number of rotatable bonds is 4. The van der Waals surface area contributed by atoms with Gasteiger partial charge in [0.15, 0.2) is 0 Å². The predicted molar refractivity (Wildman–Crippen MR) is 77.2 cm³/mol. The highest BCUT2D eigenvalue weighted by Gasteiger charge is 2.12. The van der Waals surface area contributed by atoms with E-state index in [1.54, 1.807) is 0 Å². The molecule has 1 unspecified atom stereocenters. The van der Waals surface area contributed by atoms with Crippen LogP contribution in [0.5, 0.6) is 0 Å². The van der Waals surface area contributed by atoms with Gasteiger partial charge in [-0.25, -0.2) is 0 Å². The first-order valence-electron chi connectivity index (χ1n) is 6.33. The summed E-state index contributed by atoms with van der Waals surface area (Å²) in [5.41, 5.74) is 2.65. The summed E-state index contributed by atoms with van der Waals surface area (Å²) in [6, 6.07) is 4.72. The Morgan fingerprint density at radius 2 is 1.94 bits per heavy atom. The Kier molecular flexibility index (Phi) is 3.93. The van der Waals surface area contributed by atoms with Crippen molar-refractivity contribution in [2.24, 2.45) is 0 Å². The Balaban J connectivity index is 2.00. The predicted octanol–water partition coefficient (Wildman–Crippen LogP) is 4.43. The molecule has 2 aromatic heterocycles. The van der Waals surface area contributed by atoms with Crippen LogP contribution in [0.1, 0.15) is 45.4 Å². The molecule has 0 aliphatic carbocycles. The van der Waals surface area contributed by atoms with Gasteiger partial charge >= 0.3 is 0 Å². The summed E-state index contributed by atoms with van der Waals surface area (Å²) in [6.45, 7) is 11.5. The van der Waals surface area contributed by atoms with Crippen LogP contribution in [0, 0.1) is 27.7 Å². The van der Waals surface area contributed by atoms with Crippen LogP contribution in [0.2, 0.25) is 0 Å². The Labute approximate surface area is 113 Å². The number of aryl methyl sites for hydroxylation is 4. The largest absolute Gasteiger partial charge is 0.466 e. The van der Waals surface area contributed by atoms with Crippen LogP contribution in [0.25, 0.3) is 0 Å². The van der Waals surface area contributed by atoms with Crippen molar-refractivity contribution in [1.29, 1.82) is 0 Å². The molecule has 0 radical (unpaired) electrons. The van der Waals surface area contributed by atoms with Gasteiger partial charge in [0.05, 0.1) is 0 Å². The maximum absolute atomic E-state index is 5.57. The topological polar surface area (TPSA) is 25.2 Å². The smallest absolute Gasteiger partial charge is 0.105 e. The van der Waals surface area contributed by atoms with Gasteiger partial charge < -0.3 is 9.73 Å². The van der Waals surface area contributed by atoms with Gasteiger partial charge in [-0.1, -0.05) is 0 Å². The normalized spacial score (nSPS) is 12.9. The molecule has 1 atom stereocenters. The van der Waals surface area contributed by atoms with E-state index in [0.29, 0.717) is 6.04 Å². The van der Waals surface area contributed by atoms with Crippen LogP contribution in [0.15, 0.2) is 16.5 Å². The Morgan fingerprint density at radius 3 is 2.44 bits per heavy atom. The fourth-order valence-corrected chi connectivity index (χ4v) is 3.19. The highest BCUT2D eigenvalue weighted by Crippen LogP contribution is 2.24. The minimum absolute atomic E-state index is 0.324. The summed E-state index contributed by atoms with van der Waals surface area (Å²) in [5.74, 6) is 2.00. The van der Waals surface area contributed by atoms with E-state index < -0.39 is 0 Å². The first-order valence-corrected chi connectivity index (χ1v) is 7.15. The molecule has 0 saturated carbocycles. The zero-order valence-corrected chi connectivity index (χ0v) is 12.6. The van der Waals surface area contributed by atoms with E-state index in [2.05, 4.69) is 38.2 Å². The Bertz CT molecular complexity index is 519. The maximum atomic E-state index is 5.57. The van der Waals surface area contributed by atoms with Crippen molar-refractivity contribution in [3.63, 3.8) is 0 Å². The lowest BCUT2D eigenvalue weighted by Gasteiger charge is -2.12. The van der Waals surface area contributed by atoms with Crippen molar-refractivity contribution in [1.82, 2.24) is 5.32 Å². The molecule has 2 aromatic rings. The molecule has 0 amide bonds. The van der Waals surface area contributed by atoms with Crippen molar-refractivity contribution in [3.05, 3.63) is 44.5 Å². The third kappa shape index (κ3) is 2.85. The quantitative estimate of drug-likeness (QED) is 0.883. The molecule has 0 aliphatic rings. The van der Waals surface area contributed by atoms with Crippen LogP contribution in [-0.2, 0) is 6.54 Å². The van der Waals surface area contributed by atoms with E-state index in [0.717, 1.165) is 18.1 Å². The van der Waals surface area contributed by atoms with Crippen LogP contribution in [0.4, 0.5) is 0 Å². The van der Waals surface area contributed by atoms with Crippen LogP contribution >= 0.6 is 11.3 Å². The lowest BCUT2D eigenvalue weighted by molar-refractivity contribution is 0.490. The average Bonchev–Trinajstić information content (AvgIpc) is 2.79. The molecular weight excluding hydrogens is 242 g/mol. The fourth-order valence-electron chi connectivity index (χ4n) is 2.18. The van der Waals surface area contributed by atoms with E-state index >= 15 is 0 Å². The fraction of sp³-hybridized carbons (Fsp3) is 0.467. The zero-order chi connectivity index (χ0) is 13.3. The van der Waals surface area contributed by atoms with Crippen molar-refractivity contribution in [2.45, 2.75) is 47.2 Å². The molecule has 98 valence electrons. The first kappa shape index (κ1) is 13.4. The van der Waals surface area contributed by atoms with Crippen LogP contribution in [0.3, 0.4) is 0 Å². The minimum atomic E-state index is 0.324. The van der Waals surface area contributed by atoms with Crippen molar-refractivity contribution in [2.75, 3.05) is 0 Å². The second-order valence-electron chi connectivity index (χ2n) is 4.92. The van der Waals surface area contributed by atoms with Gasteiger partial charge in [0.2, 0.25) is 0 Å². The van der Waals surface area contributed by atoms with Gasteiger partial charge in [0.1, 0.15) is 11.5 Å². The molecule has 18 heavy (non-hydrogen) atoms. The van der Waals surface area contributed by atoms with E-state index in [1.807, 2.05) is 25.2 Å². The lowest BCUT2D eigenvalue weighted by Crippen LogP contribution is -2.17. The van der Waals surface area contributed by atoms with Crippen molar-refractivity contribution >= 4 is 11.3 Å². The third-order valence-corrected chi connectivity index (χ3v) is 4.50. The molecule has 0 saturated heterocycles. The molecule has 0 aromatic carbocycles. The Hall–Kier alpha value is -1.06. The van der Waals surface area contributed by atoms with Crippen LogP contribution in [-0.4, -0.2) is 0 Å². The monoisotopic (exact) mass is 263 g/mol. The van der Waals surface area contributed by atoms with E-state index in [1.165, 1.54) is 20.9 Å². The highest BCUT2D eigenvalue weighted by atomic mass is 32.1. The summed E-state index contributed by atoms with van der Waals surface area (Å²) < 4.78 is 5.57. The molecule has 1 N–H and O–H groups in total. The van der Waals surface area contributed by atoms with Crippen LogP contribution < -0.4 is 5.32 Å².